The summed E-state index contributed by atoms with van der Waals surface area (Å²) in [6.07, 6.45) is 2.68. The minimum atomic E-state index is -1.22. The van der Waals surface area contributed by atoms with Gasteiger partial charge in [-0.25, -0.2) is 19.2 Å². The third-order valence-corrected chi connectivity index (χ3v) is 2.72. The van der Waals surface area contributed by atoms with E-state index in [9.17, 15) is 19.2 Å². The van der Waals surface area contributed by atoms with E-state index in [4.69, 9.17) is 5.11 Å². The van der Waals surface area contributed by atoms with E-state index in [1.165, 1.54) is 30.0 Å². The second kappa shape index (κ2) is 3.71. The Bertz CT molecular complexity index is 642. The zero-order valence-corrected chi connectivity index (χ0v) is 8.31. The average Bonchev–Trinajstić information content (AvgIpc) is 2.84. The number of rotatable bonds is 1. The Balaban J connectivity index is 2.72. The molecule has 5 heteroatoms. The molecule has 0 radical (unpaired) electrons. The third-order valence-electron chi connectivity index (χ3n) is 2.72. The van der Waals surface area contributed by atoms with Crippen molar-refractivity contribution >= 4 is 23.8 Å². The van der Waals surface area contributed by atoms with Crippen LogP contribution in [0.2, 0.25) is 0 Å². The fourth-order valence-electron chi connectivity index (χ4n) is 2.02. The normalized spacial score (nSPS) is 21.2. The zero-order chi connectivity index (χ0) is 12.6. The summed E-state index contributed by atoms with van der Waals surface area (Å²) in [5.74, 6) is 2.38. The highest BCUT2D eigenvalue weighted by Gasteiger charge is 2.43. The van der Waals surface area contributed by atoms with Crippen LogP contribution in [0.25, 0.3) is 0 Å². The summed E-state index contributed by atoms with van der Waals surface area (Å²) < 4.78 is 0. The molecule has 17 heavy (non-hydrogen) atoms. The van der Waals surface area contributed by atoms with E-state index in [1.54, 1.807) is 0 Å². The number of hydrogen-bond acceptors (Lipinski definition) is 4. The molecule has 1 N–H and O–H groups in total. The minimum Gasteiger partial charge on any atom is -0.478 e. The summed E-state index contributed by atoms with van der Waals surface area (Å²) in [5.41, 5.74) is -0.324. The lowest BCUT2D eigenvalue weighted by Crippen LogP contribution is -2.10. The van der Waals surface area contributed by atoms with Gasteiger partial charge in [0.2, 0.25) is 0 Å². The van der Waals surface area contributed by atoms with Crippen molar-refractivity contribution in [3.05, 3.63) is 40.0 Å². The van der Waals surface area contributed by atoms with Crippen LogP contribution in [-0.2, 0) is 19.2 Å². The average molecular weight is 228 g/mol. The number of aliphatic carboxylic acids is 1. The fraction of sp³-hybridized carbons (Fsp3) is 0.0833. The summed E-state index contributed by atoms with van der Waals surface area (Å²) >= 11 is 0. The summed E-state index contributed by atoms with van der Waals surface area (Å²) in [6, 6.07) is 0. The molecule has 0 heterocycles. The molecule has 82 valence electrons. The Labute approximate surface area is 94.7 Å². The van der Waals surface area contributed by atoms with Crippen molar-refractivity contribution in [2.45, 2.75) is 0 Å². The first kappa shape index (κ1) is 10.8. The van der Waals surface area contributed by atoms with Crippen molar-refractivity contribution in [3.8, 4) is 0 Å². The molecular formula is C12H4O5. The van der Waals surface area contributed by atoms with Crippen molar-refractivity contribution in [1.82, 2.24) is 0 Å². The van der Waals surface area contributed by atoms with E-state index in [0.717, 1.165) is 0 Å². The summed E-state index contributed by atoms with van der Waals surface area (Å²) in [4.78, 5) is 43.2. The van der Waals surface area contributed by atoms with E-state index in [2.05, 4.69) is 0 Å². The van der Waals surface area contributed by atoms with Gasteiger partial charge in [-0.15, -0.1) is 0 Å². The number of carbonyl (C=O) groups excluding carboxylic acids is 3. The molecule has 2 aliphatic carbocycles. The number of carboxylic acid groups (broad SMARTS) is 1. The highest BCUT2D eigenvalue weighted by atomic mass is 16.4. The molecule has 2 rings (SSSR count). The molecule has 2 aliphatic rings. The topological polar surface area (TPSA) is 88.5 Å². The van der Waals surface area contributed by atoms with Crippen LogP contribution < -0.4 is 0 Å². The van der Waals surface area contributed by atoms with Gasteiger partial charge >= 0.3 is 5.97 Å². The standard InChI is InChI=1S/C12H4O5/c13-3-8-6-1-2-7(12(16)17)11(6)10(5-15)9(8)4-14/h1-2,11H,(H,16,17). The van der Waals surface area contributed by atoms with Gasteiger partial charge in [-0.2, -0.15) is 0 Å². The van der Waals surface area contributed by atoms with Gasteiger partial charge in [-0.1, -0.05) is 12.2 Å². The van der Waals surface area contributed by atoms with Gasteiger partial charge in [-0.05, 0) is 5.57 Å². The maximum absolute atomic E-state index is 10.9. The van der Waals surface area contributed by atoms with E-state index < -0.39 is 11.9 Å². The lowest BCUT2D eigenvalue weighted by molar-refractivity contribution is -0.132. The summed E-state index contributed by atoms with van der Waals surface area (Å²) in [7, 11) is 0. The smallest absolute Gasteiger partial charge is 0.332 e. The van der Waals surface area contributed by atoms with Gasteiger partial charge in [0.1, 0.15) is 17.8 Å². The van der Waals surface area contributed by atoms with Crippen LogP contribution in [0.1, 0.15) is 0 Å². The Morgan fingerprint density at radius 1 is 1.06 bits per heavy atom. The minimum absolute atomic E-state index is 0.0728. The van der Waals surface area contributed by atoms with Crippen molar-refractivity contribution in [2.75, 3.05) is 0 Å². The van der Waals surface area contributed by atoms with E-state index >= 15 is 0 Å². The van der Waals surface area contributed by atoms with Crippen molar-refractivity contribution in [3.63, 3.8) is 0 Å². The summed E-state index contributed by atoms with van der Waals surface area (Å²) in [6.45, 7) is 0. The van der Waals surface area contributed by atoms with Gasteiger partial charge in [-0.3, -0.25) is 0 Å². The summed E-state index contributed by atoms with van der Waals surface area (Å²) in [5, 5.41) is 8.93. The van der Waals surface area contributed by atoms with Crippen LogP contribution in [0.15, 0.2) is 40.0 Å². The van der Waals surface area contributed by atoms with Gasteiger partial charge in [0.05, 0.1) is 22.6 Å². The molecular weight excluding hydrogens is 224 g/mol. The van der Waals surface area contributed by atoms with Crippen LogP contribution in [0.4, 0.5) is 0 Å². The Morgan fingerprint density at radius 3 is 2.18 bits per heavy atom. The molecule has 0 amide bonds. The number of allylic oxidation sites excluding steroid dienone is 6. The first-order valence-electron chi connectivity index (χ1n) is 4.57. The third kappa shape index (κ3) is 1.29. The van der Waals surface area contributed by atoms with E-state index in [1.807, 2.05) is 0 Å². The van der Waals surface area contributed by atoms with Crippen molar-refractivity contribution < 1.29 is 24.3 Å². The van der Waals surface area contributed by atoms with Gasteiger partial charge < -0.3 is 5.11 Å². The monoisotopic (exact) mass is 228 g/mol. The van der Waals surface area contributed by atoms with Gasteiger partial charge in [0.25, 0.3) is 0 Å². The van der Waals surface area contributed by atoms with Crippen LogP contribution >= 0.6 is 0 Å². The van der Waals surface area contributed by atoms with Crippen molar-refractivity contribution in [2.24, 2.45) is 5.92 Å². The largest absolute Gasteiger partial charge is 0.478 e. The number of hydrogen-bond donors (Lipinski definition) is 1. The molecule has 1 fully saturated rings. The molecule has 0 aromatic rings. The van der Waals surface area contributed by atoms with Gasteiger partial charge in [0, 0.05) is 5.57 Å². The maximum atomic E-state index is 10.9. The maximum Gasteiger partial charge on any atom is 0.332 e. The fourth-order valence-corrected chi connectivity index (χ4v) is 2.02. The first-order valence-corrected chi connectivity index (χ1v) is 4.57. The van der Waals surface area contributed by atoms with Crippen LogP contribution in [0.3, 0.4) is 0 Å². The van der Waals surface area contributed by atoms with Gasteiger partial charge in [0.15, 0.2) is 0 Å². The number of carboxylic acids is 1. The molecule has 1 unspecified atom stereocenters. The van der Waals surface area contributed by atoms with Crippen LogP contribution in [0.5, 0.6) is 0 Å². The molecule has 1 saturated carbocycles. The van der Waals surface area contributed by atoms with Crippen LogP contribution in [0, 0.1) is 5.92 Å². The van der Waals surface area contributed by atoms with Crippen molar-refractivity contribution in [1.29, 1.82) is 0 Å². The Kier molecular flexibility index (Phi) is 2.36. The Hall–Kier alpha value is -2.70. The molecule has 0 aliphatic heterocycles. The van der Waals surface area contributed by atoms with E-state index in [-0.39, 0.29) is 27.9 Å². The molecule has 5 nitrogen and oxygen atoms in total. The molecule has 1 atom stereocenters. The highest BCUT2D eigenvalue weighted by molar-refractivity contribution is 6.00. The molecule has 0 aromatic carbocycles. The second-order valence-electron chi connectivity index (χ2n) is 3.45. The second-order valence-corrected chi connectivity index (χ2v) is 3.45. The quantitative estimate of drug-likeness (QED) is 0.630. The predicted octanol–water partition coefficient (Wildman–Crippen LogP) is -0.159. The predicted molar refractivity (Wildman–Crippen MR) is 54.9 cm³/mol. The lowest BCUT2D eigenvalue weighted by Gasteiger charge is -2.05. The first-order chi connectivity index (χ1) is 8.15. The number of fused-ring (bicyclic) bond motifs is 1. The van der Waals surface area contributed by atoms with E-state index in [0.29, 0.717) is 0 Å². The van der Waals surface area contributed by atoms with Crippen LogP contribution in [-0.4, -0.2) is 28.9 Å². The highest BCUT2D eigenvalue weighted by Crippen LogP contribution is 2.47. The molecule has 0 aromatic heterocycles. The molecule has 0 spiro atoms. The Morgan fingerprint density at radius 2 is 1.71 bits per heavy atom. The lowest BCUT2D eigenvalue weighted by atomic mass is 9.94. The number of carbonyl (C=O) groups is 1. The SMILES string of the molecule is O=C=C1C(=C=O)C2=CC=C(C(=O)O)C2C1=C=O. The molecule has 0 bridgehead atoms. The zero-order valence-electron chi connectivity index (χ0n) is 8.31. The molecule has 0 saturated heterocycles.